The normalized spacial score (nSPS) is 10.5. The molecule has 0 bridgehead atoms. The zero-order valence-electron chi connectivity index (χ0n) is 10.6. The summed E-state index contributed by atoms with van der Waals surface area (Å²) in [7, 11) is 2.39. The summed E-state index contributed by atoms with van der Waals surface area (Å²) in [6, 6.07) is 0. The minimum Gasteiger partial charge on any atom is -0.461 e. The van der Waals surface area contributed by atoms with Crippen LogP contribution in [-0.2, 0) is 23.1 Å². The van der Waals surface area contributed by atoms with Crippen LogP contribution in [0.4, 0.5) is 0 Å². The lowest BCUT2D eigenvalue weighted by Crippen LogP contribution is -2.19. The third kappa shape index (κ3) is 15.3. The number of carbonyl (C=O) groups excluding carboxylic acids is 1. The summed E-state index contributed by atoms with van der Waals surface area (Å²) in [5.41, 5.74) is 0. The summed E-state index contributed by atoms with van der Waals surface area (Å²) in [4.78, 5) is 20.6. The monoisotopic (exact) mass is 269 g/mol. The van der Waals surface area contributed by atoms with Crippen LogP contribution in [0, 0.1) is 0 Å². The van der Waals surface area contributed by atoms with Gasteiger partial charge < -0.3 is 14.5 Å². The molecule has 0 atom stereocenters. The van der Waals surface area contributed by atoms with Crippen LogP contribution in [0.1, 0.15) is 0 Å². The van der Waals surface area contributed by atoms with Crippen molar-refractivity contribution in [1.29, 1.82) is 0 Å². The first-order valence-corrected chi connectivity index (χ1v) is 6.16. The van der Waals surface area contributed by atoms with Gasteiger partial charge in [-0.3, -0.25) is 9.05 Å². The Morgan fingerprint density at radius 2 is 1.88 bits per heavy atom. The highest BCUT2D eigenvalue weighted by atomic mass is 31.2. The number of esters is 1. The van der Waals surface area contributed by atoms with Crippen molar-refractivity contribution in [2.45, 2.75) is 0 Å². The molecule has 0 saturated heterocycles. The van der Waals surface area contributed by atoms with E-state index >= 15 is 0 Å². The van der Waals surface area contributed by atoms with Crippen LogP contribution < -0.4 is 0 Å². The summed E-state index contributed by atoms with van der Waals surface area (Å²) in [6.07, 6.45) is 1.16. The number of carbonyl (C=O) groups is 1. The Balaban J connectivity index is 0. The predicted octanol–water partition coefficient (Wildman–Crippen LogP) is 0.657. The van der Waals surface area contributed by atoms with Gasteiger partial charge in [-0.05, 0) is 14.1 Å². The van der Waals surface area contributed by atoms with E-state index in [1.165, 1.54) is 0 Å². The topological polar surface area (TPSA) is 85.3 Å². The zero-order valence-corrected chi connectivity index (χ0v) is 11.5. The van der Waals surface area contributed by atoms with Crippen LogP contribution in [0.25, 0.3) is 0 Å². The van der Waals surface area contributed by atoms with E-state index in [0.717, 1.165) is 26.8 Å². The molecule has 0 fully saturated rings. The maximum absolute atomic E-state index is 10.4. The minimum atomic E-state index is -3.65. The number of ether oxygens (including phenoxy) is 1. The van der Waals surface area contributed by atoms with Gasteiger partial charge >= 0.3 is 13.8 Å². The van der Waals surface area contributed by atoms with E-state index in [4.69, 9.17) is 9.63 Å². The van der Waals surface area contributed by atoms with Gasteiger partial charge in [0.1, 0.15) is 6.61 Å². The second kappa shape index (κ2) is 10.4. The molecule has 0 aliphatic heterocycles. The molecule has 0 aliphatic rings. The number of phosphoric acid groups is 1. The van der Waals surface area contributed by atoms with Gasteiger partial charge in [-0.1, -0.05) is 6.58 Å². The highest BCUT2D eigenvalue weighted by Gasteiger charge is 2.13. The quantitative estimate of drug-likeness (QED) is 0.430. The first-order valence-electron chi connectivity index (χ1n) is 4.67. The van der Waals surface area contributed by atoms with Gasteiger partial charge in [0.15, 0.2) is 0 Å². The Bertz CT molecular complexity index is 260. The maximum atomic E-state index is 10.4. The molecule has 0 spiro atoms. The van der Waals surface area contributed by atoms with E-state index < -0.39 is 7.82 Å². The molecule has 0 aromatic heterocycles. The van der Waals surface area contributed by atoms with Gasteiger partial charge in [0.2, 0.25) is 0 Å². The van der Waals surface area contributed by atoms with Crippen molar-refractivity contribution in [1.82, 2.24) is 4.90 Å². The smallest absolute Gasteiger partial charge is 0.461 e. The lowest BCUT2D eigenvalue weighted by Gasteiger charge is -2.07. The molecule has 0 saturated carbocycles. The van der Waals surface area contributed by atoms with Crippen molar-refractivity contribution in [3.63, 3.8) is 0 Å². The molecule has 0 aromatic rings. The zero-order chi connectivity index (χ0) is 13.9. The molecule has 0 heterocycles. The highest BCUT2D eigenvalue weighted by Crippen LogP contribution is 2.40. The minimum absolute atomic E-state index is 0.359. The fourth-order valence-corrected chi connectivity index (χ4v) is 0.611. The van der Waals surface area contributed by atoms with E-state index in [0.29, 0.717) is 6.61 Å². The van der Waals surface area contributed by atoms with Crippen molar-refractivity contribution in [2.75, 3.05) is 41.5 Å². The average molecular weight is 269 g/mol. The fourth-order valence-electron chi connectivity index (χ4n) is 0.462. The standard InChI is InChI=1S/C7H13NO2.C2H7O4P/c1-4-7(9)10-6-5-8(2)3;1-5-7(3,4)6-2/h4H,1,5-6H2,2-3H3;1-2H3,(H,3,4). The predicted molar refractivity (Wildman–Crippen MR) is 63.6 cm³/mol. The third-order valence-corrected chi connectivity index (χ3v) is 2.33. The second-order valence-electron chi connectivity index (χ2n) is 3.01. The molecular formula is C9H20NO6P. The van der Waals surface area contributed by atoms with Crippen LogP contribution in [0.15, 0.2) is 12.7 Å². The summed E-state index contributed by atoms with van der Waals surface area (Å²) >= 11 is 0. The van der Waals surface area contributed by atoms with Gasteiger partial charge in [0.25, 0.3) is 0 Å². The second-order valence-corrected chi connectivity index (χ2v) is 4.68. The van der Waals surface area contributed by atoms with Crippen molar-refractivity contribution < 1.29 is 28.0 Å². The molecule has 102 valence electrons. The molecule has 0 unspecified atom stereocenters. The van der Waals surface area contributed by atoms with Gasteiger partial charge in [0.05, 0.1) is 0 Å². The van der Waals surface area contributed by atoms with E-state index in [1.807, 2.05) is 19.0 Å². The van der Waals surface area contributed by atoms with Crippen molar-refractivity contribution in [3.05, 3.63) is 12.7 Å². The lowest BCUT2D eigenvalue weighted by molar-refractivity contribution is -0.137. The molecule has 1 N–H and O–H groups in total. The van der Waals surface area contributed by atoms with Crippen molar-refractivity contribution in [3.8, 4) is 0 Å². The molecular weight excluding hydrogens is 249 g/mol. The Morgan fingerprint density at radius 3 is 2.12 bits per heavy atom. The average Bonchev–Trinajstić information content (AvgIpc) is 2.29. The molecule has 0 aromatic carbocycles. The fraction of sp³-hybridized carbons (Fsp3) is 0.667. The van der Waals surface area contributed by atoms with Crippen LogP contribution in [0.5, 0.6) is 0 Å². The molecule has 0 aliphatic carbocycles. The Kier molecular flexibility index (Phi) is 11.4. The molecule has 0 amide bonds. The SMILES string of the molecule is C=CC(=O)OCCN(C)C.COP(=O)(O)OC. The van der Waals surface area contributed by atoms with Gasteiger partial charge in [0, 0.05) is 26.8 Å². The molecule has 0 rings (SSSR count). The maximum Gasteiger partial charge on any atom is 0.471 e. The lowest BCUT2D eigenvalue weighted by atomic mass is 10.6. The van der Waals surface area contributed by atoms with Crippen molar-refractivity contribution in [2.24, 2.45) is 0 Å². The van der Waals surface area contributed by atoms with Crippen LogP contribution in [0.3, 0.4) is 0 Å². The van der Waals surface area contributed by atoms with Crippen LogP contribution in [-0.4, -0.2) is 57.2 Å². The number of hydrogen-bond acceptors (Lipinski definition) is 6. The number of nitrogens with zero attached hydrogens (tertiary/aromatic N) is 1. The summed E-state index contributed by atoms with van der Waals surface area (Å²) in [5, 5.41) is 0. The highest BCUT2D eigenvalue weighted by molar-refractivity contribution is 7.47. The van der Waals surface area contributed by atoms with Crippen LogP contribution >= 0.6 is 7.82 Å². The first-order chi connectivity index (χ1) is 7.79. The molecule has 17 heavy (non-hydrogen) atoms. The molecule has 7 nitrogen and oxygen atoms in total. The molecule has 8 heteroatoms. The van der Waals surface area contributed by atoms with Gasteiger partial charge in [-0.25, -0.2) is 9.36 Å². The number of hydrogen-bond donors (Lipinski definition) is 1. The number of likely N-dealkylation sites (N-methyl/N-ethyl adjacent to an activating group) is 1. The van der Waals surface area contributed by atoms with Crippen LogP contribution in [0.2, 0.25) is 0 Å². The molecule has 0 radical (unpaired) electrons. The Hall–Kier alpha value is -0.720. The van der Waals surface area contributed by atoms with E-state index in [2.05, 4.69) is 15.6 Å². The van der Waals surface area contributed by atoms with E-state index in [1.54, 1.807) is 0 Å². The Morgan fingerprint density at radius 1 is 1.41 bits per heavy atom. The Labute approximate surface area is 102 Å². The summed E-state index contributed by atoms with van der Waals surface area (Å²) in [5.74, 6) is -0.359. The first kappa shape index (κ1) is 18.6. The largest absolute Gasteiger partial charge is 0.471 e. The third-order valence-electron chi connectivity index (χ3n) is 1.41. The number of rotatable bonds is 6. The summed E-state index contributed by atoms with van der Waals surface area (Å²) < 4.78 is 22.7. The number of phosphoric ester groups is 1. The van der Waals surface area contributed by atoms with Gasteiger partial charge in [-0.2, -0.15) is 0 Å². The van der Waals surface area contributed by atoms with Crippen molar-refractivity contribution >= 4 is 13.8 Å². The van der Waals surface area contributed by atoms with Gasteiger partial charge in [-0.15, -0.1) is 0 Å². The summed E-state index contributed by atoms with van der Waals surface area (Å²) in [6.45, 7) is 4.45. The van der Waals surface area contributed by atoms with E-state index in [9.17, 15) is 9.36 Å². The van der Waals surface area contributed by atoms with E-state index in [-0.39, 0.29) is 5.97 Å².